The molecule has 0 aliphatic rings. The van der Waals surface area contributed by atoms with Crippen molar-refractivity contribution in [3.05, 3.63) is 41.7 Å². The number of aldehydes is 1. The van der Waals surface area contributed by atoms with Gasteiger partial charge >= 0.3 is 23.9 Å². The molecule has 2 rings (SSSR count). The molecule has 0 heterocycles. The number of para-hydroxylation sites is 1. The molecule has 0 bridgehead atoms. The van der Waals surface area contributed by atoms with Gasteiger partial charge in [0, 0.05) is 6.07 Å². The summed E-state index contributed by atoms with van der Waals surface area (Å²) >= 11 is 0. The summed E-state index contributed by atoms with van der Waals surface area (Å²) in [6.45, 7) is -2.25. The number of phenols is 1. The number of aromatic hydroxyl groups is 1. The van der Waals surface area contributed by atoms with E-state index in [1.165, 1.54) is 28.0 Å². The maximum atomic E-state index is 14.8. The van der Waals surface area contributed by atoms with E-state index in [9.17, 15) is 33.5 Å². The molecule has 0 saturated carbocycles. The summed E-state index contributed by atoms with van der Waals surface area (Å²) in [6.07, 6.45) is 0.371. The van der Waals surface area contributed by atoms with Crippen LogP contribution in [0.5, 0.6) is 17.2 Å². The number of nitrogens with zero attached hydrogens (tertiary/aromatic N) is 2. The Kier molecular flexibility index (Phi) is 12.8. The van der Waals surface area contributed by atoms with Crippen molar-refractivity contribution in [3.63, 3.8) is 0 Å². The van der Waals surface area contributed by atoms with Crippen molar-refractivity contribution in [1.29, 1.82) is 0 Å². The van der Waals surface area contributed by atoms with Gasteiger partial charge in [-0.15, -0.1) is 0 Å². The topological polar surface area (TPSA) is 167 Å². The summed E-state index contributed by atoms with van der Waals surface area (Å²) in [5.41, 5.74) is -0.0482. The van der Waals surface area contributed by atoms with Crippen molar-refractivity contribution in [2.75, 3.05) is 77.6 Å². The van der Waals surface area contributed by atoms with Gasteiger partial charge in [0.15, 0.2) is 17.9 Å². The van der Waals surface area contributed by atoms with Gasteiger partial charge in [0.1, 0.15) is 50.9 Å². The van der Waals surface area contributed by atoms with Gasteiger partial charge in [-0.2, -0.15) is 0 Å². The molecule has 42 heavy (non-hydrogen) atoms. The number of hydrogen-bond donors (Lipinski definition) is 1. The van der Waals surface area contributed by atoms with Crippen LogP contribution in [-0.2, 0) is 38.1 Å². The molecule has 15 heteroatoms. The first kappa shape index (κ1) is 33.1. The Morgan fingerprint density at radius 1 is 0.762 bits per heavy atom. The van der Waals surface area contributed by atoms with Gasteiger partial charge in [0.05, 0.1) is 45.4 Å². The number of carbonyl (C=O) groups excluding carboxylic acids is 5. The van der Waals surface area contributed by atoms with Gasteiger partial charge in [0.25, 0.3) is 0 Å². The quantitative estimate of drug-likeness (QED) is 0.127. The number of benzene rings is 2. The number of methoxy groups -OCH3 is 4. The van der Waals surface area contributed by atoms with Crippen LogP contribution < -0.4 is 19.3 Å². The van der Waals surface area contributed by atoms with Crippen LogP contribution in [0.3, 0.4) is 0 Å². The Hall–Kier alpha value is -5.08. The molecular weight excluding hydrogens is 563 g/mol. The third-order valence-corrected chi connectivity index (χ3v) is 5.64. The predicted octanol–water partition coefficient (Wildman–Crippen LogP) is 1.11. The molecule has 0 radical (unpaired) electrons. The molecule has 0 unspecified atom stereocenters. The lowest BCUT2D eigenvalue weighted by Gasteiger charge is -2.26. The van der Waals surface area contributed by atoms with E-state index in [1.807, 2.05) is 0 Å². The minimum absolute atomic E-state index is 0.0296. The summed E-state index contributed by atoms with van der Waals surface area (Å²) in [6, 6.07) is 6.20. The fourth-order valence-corrected chi connectivity index (χ4v) is 3.55. The number of rotatable bonds is 16. The Morgan fingerprint density at radius 3 is 1.71 bits per heavy atom. The van der Waals surface area contributed by atoms with Crippen LogP contribution in [0.1, 0.15) is 10.4 Å². The average Bonchev–Trinajstić information content (AvgIpc) is 2.98. The molecule has 0 atom stereocenters. The fourth-order valence-electron chi connectivity index (χ4n) is 3.55. The van der Waals surface area contributed by atoms with Crippen molar-refractivity contribution < 1.29 is 61.9 Å². The lowest BCUT2D eigenvalue weighted by atomic mass is 10.1. The van der Waals surface area contributed by atoms with Crippen LogP contribution in [0.25, 0.3) is 0 Å². The Labute approximate surface area is 240 Å². The van der Waals surface area contributed by atoms with Gasteiger partial charge in [-0.1, -0.05) is 6.07 Å². The van der Waals surface area contributed by atoms with Crippen molar-refractivity contribution >= 4 is 41.5 Å². The zero-order valence-corrected chi connectivity index (χ0v) is 23.4. The molecule has 228 valence electrons. The predicted molar refractivity (Wildman–Crippen MR) is 143 cm³/mol. The lowest BCUT2D eigenvalue weighted by molar-refractivity contribution is -0.141. The highest BCUT2D eigenvalue weighted by Gasteiger charge is 2.24. The first-order valence-corrected chi connectivity index (χ1v) is 12.2. The average molecular weight is 595 g/mol. The van der Waals surface area contributed by atoms with E-state index in [1.54, 1.807) is 0 Å². The minimum Gasteiger partial charge on any atom is -0.507 e. The summed E-state index contributed by atoms with van der Waals surface area (Å²) in [4.78, 5) is 61.7. The molecule has 0 spiro atoms. The SMILES string of the molecule is COC(=O)CN(CC(=O)OC)c1cc(O)c(C=O)cc1OCCOc1c(F)cccc1N(CC(=O)OC)CC(=O)OC. The van der Waals surface area contributed by atoms with Crippen LogP contribution in [-0.4, -0.2) is 103 Å². The molecule has 14 nitrogen and oxygen atoms in total. The Bertz CT molecular complexity index is 1250. The number of carbonyl (C=O) groups is 5. The minimum atomic E-state index is -0.803. The van der Waals surface area contributed by atoms with Gasteiger partial charge in [0.2, 0.25) is 0 Å². The molecular formula is C27H31FN2O12. The number of phenolic OH excluding ortho intramolecular Hbond substituents is 1. The van der Waals surface area contributed by atoms with Crippen LogP contribution in [0.4, 0.5) is 15.8 Å². The maximum Gasteiger partial charge on any atom is 0.325 e. The van der Waals surface area contributed by atoms with Gasteiger partial charge in [-0.3, -0.25) is 24.0 Å². The Balaban J connectivity index is 2.33. The highest BCUT2D eigenvalue weighted by Crippen LogP contribution is 2.35. The molecule has 0 amide bonds. The molecule has 2 aromatic carbocycles. The molecule has 2 aromatic rings. The number of hydrogen-bond acceptors (Lipinski definition) is 14. The molecule has 0 saturated heterocycles. The monoisotopic (exact) mass is 594 g/mol. The third kappa shape index (κ3) is 9.25. The van der Waals surface area contributed by atoms with Crippen molar-refractivity contribution in [3.8, 4) is 17.2 Å². The van der Waals surface area contributed by atoms with Gasteiger partial charge < -0.3 is 43.3 Å². The zero-order chi connectivity index (χ0) is 31.2. The van der Waals surface area contributed by atoms with Crippen LogP contribution in [0.15, 0.2) is 30.3 Å². The Morgan fingerprint density at radius 2 is 1.24 bits per heavy atom. The van der Waals surface area contributed by atoms with Gasteiger partial charge in [-0.05, 0) is 18.2 Å². The van der Waals surface area contributed by atoms with E-state index in [2.05, 4.69) is 18.9 Å². The van der Waals surface area contributed by atoms with E-state index in [0.717, 1.165) is 40.6 Å². The second-order valence-corrected chi connectivity index (χ2v) is 8.30. The normalized spacial score (nSPS) is 10.2. The van der Waals surface area contributed by atoms with E-state index in [0.29, 0.717) is 6.29 Å². The van der Waals surface area contributed by atoms with Crippen molar-refractivity contribution in [2.45, 2.75) is 0 Å². The highest BCUT2D eigenvalue weighted by atomic mass is 19.1. The fraction of sp³-hybridized carbons (Fsp3) is 0.370. The van der Waals surface area contributed by atoms with Crippen molar-refractivity contribution in [2.24, 2.45) is 0 Å². The first-order valence-electron chi connectivity index (χ1n) is 12.2. The summed E-state index contributed by atoms with van der Waals surface area (Å²) < 4.78 is 44.9. The van der Waals surface area contributed by atoms with Crippen LogP contribution in [0.2, 0.25) is 0 Å². The maximum absolute atomic E-state index is 14.8. The van der Waals surface area contributed by atoms with E-state index in [-0.39, 0.29) is 41.7 Å². The smallest absolute Gasteiger partial charge is 0.325 e. The largest absolute Gasteiger partial charge is 0.507 e. The molecule has 0 fully saturated rings. The first-order chi connectivity index (χ1) is 20.1. The molecule has 1 N–H and O–H groups in total. The van der Waals surface area contributed by atoms with E-state index >= 15 is 0 Å². The van der Waals surface area contributed by atoms with Crippen molar-refractivity contribution in [1.82, 2.24) is 0 Å². The van der Waals surface area contributed by atoms with Crippen LogP contribution >= 0.6 is 0 Å². The zero-order valence-electron chi connectivity index (χ0n) is 23.4. The molecule has 0 aromatic heterocycles. The van der Waals surface area contributed by atoms with E-state index in [4.69, 9.17) is 9.47 Å². The second-order valence-electron chi connectivity index (χ2n) is 8.30. The molecule has 0 aliphatic carbocycles. The number of anilines is 2. The third-order valence-electron chi connectivity index (χ3n) is 5.64. The number of ether oxygens (including phenoxy) is 6. The summed E-state index contributed by atoms with van der Waals surface area (Å²) in [5, 5.41) is 10.3. The van der Waals surface area contributed by atoms with Gasteiger partial charge in [-0.25, -0.2) is 4.39 Å². The standard InChI is InChI=1S/C27H31FN2O12/c1-37-23(33)12-29(13-24(34)38-2)19-7-5-6-18(28)27(19)42-9-8-41-22-10-17(16-31)21(32)11-20(22)30(14-25(35)39-3)15-26(36)40-4/h5-7,10-11,16,32H,8-9,12-15H2,1-4H3. The van der Waals surface area contributed by atoms with E-state index < -0.39 is 61.6 Å². The highest BCUT2D eigenvalue weighted by molar-refractivity contribution is 5.87. The summed E-state index contributed by atoms with van der Waals surface area (Å²) in [5.74, 6) is -4.42. The summed E-state index contributed by atoms with van der Waals surface area (Å²) in [7, 11) is 4.61. The molecule has 0 aliphatic heterocycles. The van der Waals surface area contributed by atoms with Crippen LogP contribution in [0, 0.1) is 5.82 Å². The number of halogens is 1. The number of esters is 4. The second kappa shape index (κ2) is 16.2. The lowest BCUT2D eigenvalue weighted by Crippen LogP contribution is -2.36.